The van der Waals surface area contributed by atoms with Gasteiger partial charge in [-0.25, -0.2) is 0 Å². The second-order valence-corrected chi connectivity index (χ2v) is 6.76. The predicted octanol–water partition coefficient (Wildman–Crippen LogP) is 4.60. The Morgan fingerprint density at radius 2 is 1.22 bits per heavy atom. The summed E-state index contributed by atoms with van der Waals surface area (Å²) in [7, 11) is -0.966. The molecule has 1 rings (SSSR count). The van der Waals surface area contributed by atoms with E-state index in [9.17, 15) is 0 Å². The highest BCUT2D eigenvalue weighted by Gasteiger charge is 2.17. The summed E-state index contributed by atoms with van der Waals surface area (Å²) in [6, 6.07) is 8.60. The number of hydrogen-bond acceptors (Lipinski definition) is 2. The molecule has 0 fully saturated rings. The van der Waals surface area contributed by atoms with Crippen molar-refractivity contribution in [3.05, 3.63) is 29.8 Å². The van der Waals surface area contributed by atoms with E-state index in [0.29, 0.717) is 5.92 Å². The minimum Gasteiger partial charge on any atom is -0.328 e. The molecule has 1 aromatic carbocycles. The van der Waals surface area contributed by atoms with Crippen LogP contribution in [0, 0.1) is 0 Å². The highest BCUT2D eigenvalue weighted by atomic mass is 31.2. The maximum Gasteiger partial charge on any atom is 0.205 e. The van der Waals surface area contributed by atoms with Crippen molar-refractivity contribution in [3.63, 3.8) is 0 Å². The molecule has 102 valence electrons. The highest BCUT2D eigenvalue weighted by molar-refractivity contribution is 7.56. The Labute approximate surface area is 113 Å². The van der Waals surface area contributed by atoms with Gasteiger partial charge in [-0.05, 0) is 51.3 Å². The molecule has 0 heterocycles. The van der Waals surface area contributed by atoms with Crippen molar-refractivity contribution in [2.24, 2.45) is 0 Å². The third-order valence-corrected chi connectivity index (χ3v) is 4.33. The van der Waals surface area contributed by atoms with Crippen LogP contribution in [0.25, 0.3) is 0 Å². The van der Waals surface area contributed by atoms with Gasteiger partial charge in [0.25, 0.3) is 0 Å². The van der Waals surface area contributed by atoms with Crippen molar-refractivity contribution < 1.29 is 9.05 Å². The molecule has 0 unspecified atom stereocenters. The lowest BCUT2D eigenvalue weighted by Gasteiger charge is -2.22. The van der Waals surface area contributed by atoms with E-state index in [1.807, 2.05) is 27.7 Å². The van der Waals surface area contributed by atoms with Crippen LogP contribution < -0.4 is 5.30 Å². The van der Waals surface area contributed by atoms with E-state index in [4.69, 9.17) is 9.05 Å². The van der Waals surface area contributed by atoms with Crippen molar-refractivity contribution in [2.75, 3.05) is 0 Å². The van der Waals surface area contributed by atoms with Crippen LogP contribution in [0.15, 0.2) is 24.3 Å². The minimum atomic E-state index is -0.966. The van der Waals surface area contributed by atoms with Crippen LogP contribution in [0.5, 0.6) is 0 Å². The van der Waals surface area contributed by atoms with E-state index in [2.05, 4.69) is 38.1 Å². The van der Waals surface area contributed by atoms with Gasteiger partial charge in [0.05, 0.1) is 12.2 Å². The first-order valence-electron chi connectivity index (χ1n) is 6.63. The van der Waals surface area contributed by atoms with Crippen molar-refractivity contribution in [1.29, 1.82) is 0 Å². The second kappa shape index (κ2) is 7.23. The second-order valence-electron chi connectivity index (χ2n) is 5.31. The molecule has 0 bridgehead atoms. The zero-order valence-corrected chi connectivity index (χ0v) is 13.2. The zero-order chi connectivity index (χ0) is 13.7. The number of rotatable bonds is 6. The monoisotopic (exact) mass is 268 g/mol. The Balaban J connectivity index is 2.83. The predicted molar refractivity (Wildman–Crippen MR) is 79.5 cm³/mol. The van der Waals surface area contributed by atoms with Gasteiger partial charge in [0, 0.05) is 5.30 Å². The van der Waals surface area contributed by atoms with Crippen LogP contribution in [0.1, 0.15) is 53.0 Å². The topological polar surface area (TPSA) is 18.5 Å². The normalized spacial score (nSPS) is 12.1. The molecule has 2 nitrogen and oxygen atoms in total. The Kier molecular flexibility index (Phi) is 6.28. The first-order chi connectivity index (χ1) is 8.40. The van der Waals surface area contributed by atoms with E-state index < -0.39 is 8.38 Å². The average molecular weight is 268 g/mol. The van der Waals surface area contributed by atoms with E-state index in [1.165, 1.54) is 5.56 Å². The molecule has 0 aliphatic rings. The Bertz CT molecular complexity index is 334. The summed E-state index contributed by atoms with van der Waals surface area (Å²) in [5, 5.41) is 1.15. The highest BCUT2D eigenvalue weighted by Crippen LogP contribution is 2.40. The van der Waals surface area contributed by atoms with Gasteiger partial charge in [-0.1, -0.05) is 26.0 Å². The van der Waals surface area contributed by atoms with Gasteiger partial charge >= 0.3 is 0 Å². The summed E-state index contributed by atoms with van der Waals surface area (Å²) in [6.07, 6.45) is 0.360. The number of hydrogen-bond donors (Lipinski definition) is 0. The molecule has 18 heavy (non-hydrogen) atoms. The fourth-order valence-electron chi connectivity index (χ4n) is 1.51. The van der Waals surface area contributed by atoms with Crippen LogP contribution in [0.2, 0.25) is 0 Å². The van der Waals surface area contributed by atoms with Crippen molar-refractivity contribution in [3.8, 4) is 0 Å². The summed E-state index contributed by atoms with van der Waals surface area (Å²) in [5.74, 6) is 0.558. The largest absolute Gasteiger partial charge is 0.328 e. The van der Waals surface area contributed by atoms with Gasteiger partial charge < -0.3 is 9.05 Å². The van der Waals surface area contributed by atoms with Crippen molar-refractivity contribution in [1.82, 2.24) is 0 Å². The van der Waals surface area contributed by atoms with Gasteiger partial charge in [0.2, 0.25) is 8.38 Å². The van der Waals surface area contributed by atoms with Crippen molar-refractivity contribution >= 4 is 13.7 Å². The molecule has 0 amide bonds. The van der Waals surface area contributed by atoms with Crippen LogP contribution in [-0.2, 0) is 9.05 Å². The molecule has 3 heteroatoms. The lowest BCUT2D eigenvalue weighted by molar-refractivity contribution is 0.183. The first kappa shape index (κ1) is 15.6. The maximum absolute atomic E-state index is 5.89. The molecule has 0 spiro atoms. The van der Waals surface area contributed by atoms with Crippen LogP contribution in [0.3, 0.4) is 0 Å². The van der Waals surface area contributed by atoms with Gasteiger partial charge in [-0.3, -0.25) is 0 Å². The fourth-order valence-corrected chi connectivity index (χ4v) is 2.96. The van der Waals surface area contributed by atoms with Gasteiger partial charge in [0.15, 0.2) is 0 Å². The van der Waals surface area contributed by atoms with Gasteiger partial charge in [-0.15, -0.1) is 0 Å². The third-order valence-electron chi connectivity index (χ3n) is 2.38. The van der Waals surface area contributed by atoms with Gasteiger partial charge in [-0.2, -0.15) is 0 Å². The summed E-state index contributed by atoms with van der Waals surface area (Å²) < 4.78 is 11.8. The third kappa shape index (κ3) is 5.06. The lowest BCUT2D eigenvalue weighted by atomic mass is 10.0. The fraction of sp³-hybridized carbons (Fsp3) is 0.600. The first-order valence-corrected chi connectivity index (χ1v) is 7.81. The number of benzene rings is 1. The molecule has 0 N–H and O–H groups in total. The summed E-state index contributed by atoms with van der Waals surface area (Å²) in [4.78, 5) is 0. The Morgan fingerprint density at radius 3 is 1.56 bits per heavy atom. The van der Waals surface area contributed by atoms with Crippen LogP contribution in [-0.4, -0.2) is 12.2 Å². The van der Waals surface area contributed by atoms with E-state index in [0.717, 1.165) is 5.30 Å². The standard InChI is InChI=1S/C15H25O2P/c1-11(2)14-7-9-15(10-8-14)18(16-12(3)4)17-13(5)6/h7-13H,1-6H3. The smallest absolute Gasteiger partial charge is 0.205 e. The van der Waals surface area contributed by atoms with E-state index in [-0.39, 0.29) is 12.2 Å². The molecule has 0 saturated carbocycles. The summed E-state index contributed by atoms with van der Waals surface area (Å²) >= 11 is 0. The molecule has 0 radical (unpaired) electrons. The Hall–Kier alpha value is -0.430. The van der Waals surface area contributed by atoms with E-state index in [1.54, 1.807) is 0 Å². The molecular weight excluding hydrogens is 243 g/mol. The lowest BCUT2D eigenvalue weighted by Crippen LogP contribution is -2.13. The average Bonchev–Trinajstić information content (AvgIpc) is 2.27. The maximum atomic E-state index is 5.89. The van der Waals surface area contributed by atoms with Gasteiger partial charge in [0.1, 0.15) is 0 Å². The molecule has 1 aromatic rings. The van der Waals surface area contributed by atoms with Crippen molar-refractivity contribution in [2.45, 2.75) is 59.7 Å². The minimum absolute atomic E-state index is 0.180. The summed E-state index contributed by atoms with van der Waals surface area (Å²) in [6.45, 7) is 12.6. The van der Waals surface area contributed by atoms with Crippen LogP contribution in [0.4, 0.5) is 0 Å². The molecule has 0 aromatic heterocycles. The molecule has 0 atom stereocenters. The quantitative estimate of drug-likeness (QED) is 0.702. The molecule has 0 aliphatic carbocycles. The van der Waals surface area contributed by atoms with Crippen LogP contribution >= 0.6 is 8.38 Å². The molecular formula is C15H25O2P. The SMILES string of the molecule is CC(C)OP(OC(C)C)c1ccc(C(C)C)cc1. The molecule has 0 saturated heterocycles. The molecule has 0 aliphatic heterocycles. The van der Waals surface area contributed by atoms with E-state index >= 15 is 0 Å². The summed E-state index contributed by atoms with van der Waals surface area (Å²) in [5.41, 5.74) is 1.35. The zero-order valence-electron chi connectivity index (χ0n) is 12.3. The Morgan fingerprint density at radius 1 is 0.778 bits per heavy atom.